The van der Waals surface area contributed by atoms with Gasteiger partial charge in [0, 0.05) is 19.5 Å². The second kappa shape index (κ2) is 5.90. The van der Waals surface area contributed by atoms with E-state index in [-0.39, 0.29) is 11.8 Å². The molecule has 2 rings (SSSR count). The van der Waals surface area contributed by atoms with E-state index in [1.54, 1.807) is 17.9 Å². The molecule has 0 aliphatic carbocycles. The predicted octanol–water partition coefficient (Wildman–Crippen LogP) is 1.83. The predicted molar refractivity (Wildman–Crippen MR) is 77.9 cm³/mol. The second-order valence-corrected chi connectivity index (χ2v) is 5.16. The summed E-state index contributed by atoms with van der Waals surface area (Å²) in [6.07, 6.45) is 2.85. The average Bonchev–Trinajstić information content (AvgIpc) is 2.57. The van der Waals surface area contributed by atoms with E-state index < -0.39 is 5.54 Å². The van der Waals surface area contributed by atoms with Crippen LogP contribution in [-0.2, 0) is 15.1 Å². The summed E-state index contributed by atoms with van der Waals surface area (Å²) in [4.78, 5) is 26.5. The van der Waals surface area contributed by atoms with Crippen LogP contribution in [0.4, 0.5) is 0 Å². The minimum atomic E-state index is -0.990. The van der Waals surface area contributed by atoms with Crippen molar-refractivity contribution in [3.05, 3.63) is 48.6 Å². The number of hydrogen-bond donors (Lipinski definition) is 1. The Kier molecular flexibility index (Phi) is 4.23. The first-order chi connectivity index (χ1) is 9.58. The van der Waals surface area contributed by atoms with Gasteiger partial charge < -0.3 is 10.2 Å². The molecule has 0 saturated carbocycles. The van der Waals surface area contributed by atoms with Crippen LogP contribution in [0.15, 0.2) is 43.0 Å². The lowest BCUT2D eigenvalue weighted by Gasteiger charge is -2.32. The molecular formula is C16H20N2O2. The van der Waals surface area contributed by atoms with E-state index in [2.05, 4.69) is 11.9 Å². The molecule has 106 valence electrons. The third kappa shape index (κ3) is 2.74. The number of nitrogens with one attached hydrogen (secondary N) is 1. The van der Waals surface area contributed by atoms with E-state index in [4.69, 9.17) is 0 Å². The summed E-state index contributed by atoms with van der Waals surface area (Å²) in [5.74, 6) is -0.151. The summed E-state index contributed by atoms with van der Waals surface area (Å²) < 4.78 is 0. The first kappa shape index (κ1) is 14.3. The van der Waals surface area contributed by atoms with Crippen molar-refractivity contribution in [3.8, 4) is 0 Å². The van der Waals surface area contributed by atoms with Crippen LogP contribution < -0.4 is 5.32 Å². The lowest BCUT2D eigenvalue weighted by Crippen LogP contribution is -2.52. The van der Waals surface area contributed by atoms with Crippen LogP contribution in [0.3, 0.4) is 0 Å². The number of hydrogen-bond acceptors (Lipinski definition) is 2. The minimum Gasteiger partial charge on any atom is -0.340 e. The molecule has 1 aliphatic heterocycles. The van der Waals surface area contributed by atoms with E-state index >= 15 is 0 Å². The summed E-state index contributed by atoms with van der Waals surface area (Å²) in [6, 6.07) is 9.38. The van der Waals surface area contributed by atoms with Crippen molar-refractivity contribution in [1.82, 2.24) is 10.2 Å². The summed E-state index contributed by atoms with van der Waals surface area (Å²) in [5.41, 5.74) is -0.181. The van der Waals surface area contributed by atoms with Crippen molar-refractivity contribution < 1.29 is 9.59 Å². The average molecular weight is 272 g/mol. The molecule has 0 aromatic heterocycles. The van der Waals surface area contributed by atoms with Crippen LogP contribution in [0.25, 0.3) is 0 Å². The van der Waals surface area contributed by atoms with Gasteiger partial charge in [-0.1, -0.05) is 36.4 Å². The van der Waals surface area contributed by atoms with Gasteiger partial charge in [0.05, 0.1) is 0 Å². The minimum absolute atomic E-state index is 0.0589. The molecule has 0 radical (unpaired) electrons. The molecule has 4 heteroatoms. The van der Waals surface area contributed by atoms with Crippen LogP contribution >= 0.6 is 0 Å². The van der Waals surface area contributed by atoms with Crippen molar-refractivity contribution in [2.75, 3.05) is 13.1 Å². The van der Waals surface area contributed by atoms with E-state index in [1.807, 2.05) is 30.3 Å². The Morgan fingerprint density at radius 3 is 2.70 bits per heavy atom. The second-order valence-electron chi connectivity index (χ2n) is 5.16. The molecule has 1 aliphatic rings. The quantitative estimate of drug-likeness (QED) is 0.850. The van der Waals surface area contributed by atoms with Gasteiger partial charge in [-0.2, -0.15) is 0 Å². The smallest absolute Gasteiger partial charge is 0.252 e. The monoisotopic (exact) mass is 272 g/mol. The zero-order chi connectivity index (χ0) is 14.6. The lowest BCUT2D eigenvalue weighted by molar-refractivity contribution is -0.138. The highest BCUT2D eigenvalue weighted by molar-refractivity contribution is 5.94. The fourth-order valence-electron chi connectivity index (χ4n) is 2.48. The van der Waals surface area contributed by atoms with E-state index in [0.29, 0.717) is 19.5 Å². The molecule has 1 atom stereocenters. The first-order valence-electron chi connectivity index (χ1n) is 6.85. The summed E-state index contributed by atoms with van der Waals surface area (Å²) >= 11 is 0. The normalized spacial score (nSPS) is 23.1. The Balaban J connectivity index is 2.35. The van der Waals surface area contributed by atoms with Gasteiger partial charge in [-0.25, -0.2) is 0 Å². The third-order valence-corrected chi connectivity index (χ3v) is 3.67. The van der Waals surface area contributed by atoms with E-state index in [0.717, 1.165) is 12.0 Å². The molecule has 20 heavy (non-hydrogen) atoms. The Labute approximate surface area is 119 Å². The maximum atomic E-state index is 12.8. The van der Waals surface area contributed by atoms with Crippen molar-refractivity contribution in [1.29, 1.82) is 0 Å². The Bertz CT molecular complexity index is 512. The lowest BCUT2D eigenvalue weighted by atomic mass is 9.90. The van der Waals surface area contributed by atoms with Gasteiger partial charge in [0.25, 0.3) is 5.91 Å². The van der Waals surface area contributed by atoms with Gasteiger partial charge in [0.15, 0.2) is 0 Å². The molecule has 1 aromatic rings. The van der Waals surface area contributed by atoms with Crippen LogP contribution in [0.2, 0.25) is 0 Å². The Morgan fingerprint density at radius 2 is 2.05 bits per heavy atom. The number of nitrogens with zero attached hydrogens (tertiary/aromatic N) is 1. The molecule has 1 heterocycles. The van der Waals surface area contributed by atoms with Crippen LogP contribution in [-0.4, -0.2) is 29.8 Å². The highest BCUT2D eigenvalue weighted by Gasteiger charge is 2.41. The molecule has 1 unspecified atom stereocenters. The van der Waals surface area contributed by atoms with Crippen molar-refractivity contribution >= 4 is 11.8 Å². The fraction of sp³-hybridized carbons (Fsp3) is 0.375. The molecule has 0 bridgehead atoms. The molecule has 1 aromatic carbocycles. The number of carbonyl (C=O) groups excluding carboxylic acids is 2. The van der Waals surface area contributed by atoms with E-state index in [9.17, 15) is 9.59 Å². The van der Waals surface area contributed by atoms with Crippen LogP contribution in [0.5, 0.6) is 0 Å². The van der Waals surface area contributed by atoms with Crippen molar-refractivity contribution in [2.45, 2.75) is 25.3 Å². The zero-order valence-corrected chi connectivity index (χ0v) is 11.8. The molecular weight excluding hydrogens is 252 g/mol. The first-order valence-corrected chi connectivity index (χ1v) is 6.85. The Morgan fingerprint density at radius 1 is 1.35 bits per heavy atom. The van der Waals surface area contributed by atoms with Gasteiger partial charge in [-0.15, -0.1) is 6.58 Å². The summed E-state index contributed by atoms with van der Waals surface area (Å²) in [6.45, 7) is 6.51. The van der Waals surface area contributed by atoms with Gasteiger partial charge in [0.1, 0.15) is 5.54 Å². The highest BCUT2D eigenvalue weighted by Crippen LogP contribution is 2.25. The topological polar surface area (TPSA) is 49.4 Å². The third-order valence-electron chi connectivity index (χ3n) is 3.67. The van der Waals surface area contributed by atoms with Crippen LogP contribution in [0, 0.1) is 0 Å². The van der Waals surface area contributed by atoms with Crippen molar-refractivity contribution in [3.63, 3.8) is 0 Å². The summed E-state index contributed by atoms with van der Waals surface area (Å²) in [7, 11) is 0. The number of rotatable bonds is 4. The fourth-order valence-corrected chi connectivity index (χ4v) is 2.48. The van der Waals surface area contributed by atoms with Gasteiger partial charge in [-0.05, 0) is 18.9 Å². The molecule has 1 N–H and O–H groups in total. The maximum absolute atomic E-state index is 12.8. The maximum Gasteiger partial charge on any atom is 0.252 e. The SMILES string of the molecule is C=CCCN1CCC(=O)NC(C)(c2ccccc2)C1=O. The number of carbonyl (C=O) groups is 2. The highest BCUT2D eigenvalue weighted by atomic mass is 16.2. The van der Waals surface area contributed by atoms with Gasteiger partial charge in [0.2, 0.25) is 5.91 Å². The zero-order valence-electron chi connectivity index (χ0n) is 11.8. The number of amides is 2. The molecule has 2 amide bonds. The molecule has 1 saturated heterocycles. The van der Waals surface area contributed by atoms with Crippen molar-refractivity contribution in [2.24, 2.45) is 0 Å². The Hall–Kier alpha value is -2.10. The van der Waals surface area contributed by atoms with E-state index in [1.165, 1.54) is 0 Å². The van der Waals surface area contributed by atoms with Gasteiger partial charge in [-0.3, -0.25) is 9.59 Å². The molecule has 4 nitrogen and oxygen atoms in total. The molecule has 1 fully saturated rings. The molecule has 0 spiro atoms. The standard InChI is InChI=1S/C16H20N2O2/c1-3-4-11-18-12-10-14(19)17-16(2,15(18)20)13-8-6-5-7-9-13/h3,5-9H,1,4,10-12H2,2H3,(H,17,19). The van der Waals surface area contributed by atoms with Gasteiger partial charge >= 0.3 is 0 Å². The largest absolute Gasteiger partial charge is 0.340 e. The van der Waals surface area contributed by atoms with Crippen LogP contribution in [0.1, 0.15) is 25.3 Å². The number of benzene rings is 1. The summed E-state index contributed by atoms with van der Waals surface area (Å²) in [5, 5.41) is 2.87.